The Morgan fingerprint density at radius 1 is 0.667 bits per heavy atom. The summed E-state index contributed by atoms with van der Waals surface area (Å²) in [6.07, 6.45) is 12.1. The normalized spacial score (nSPS) is 19.3. The zero-order valence-electron chi connectivity index (χ0n) is 17.1. The van der Waals surface area contributed by atoms with Gasteiger partial charge >= 0.3 is 0 Å². The van der Waals surface area contributed by atoms with Gasteiger partial charge in [-0.1, -0.05) is 88.5 Å². The molecule has 0 heteroatoms. The molecule has 2 aromatic carbocycles. The molecule has 1 aliphatic rings. The Morgan fingerprint density at radius 2 is 1.15 bits per heavy atom. The minimum Gasteiger partial charge on any atom is -0.0651 e. The Hall–Kier alpha value is -2.00. The first-order chi connectivity index (χ1) is 13.3. The smallest absolute Gasteiger partial charge is 0.0249 e. The lowest BCUT2D eigenvalue weighted by Crippen LogP contribution is -2.14. The molecule has 0 heterocycles. The Morgan fingerprint density at radius 3 is 1.63 bits per heavy atom. The van der Waals surface area contributed by atoms with Crippen LogP contribution in [0.15, 0.2) is 48.5 Å². The number of aryl methyl sites for hydroxylation is 2. The fourth-order valence-corrected chi connectivity index (χ4v) is 4.24. The van der Waals surface area contributed by atoms with Crippen LogP contribution in [0.25, 0.3) is 0 Å². The second kappa shape index (κ2) is 10.4. The van der Waals surface area contributed by atoms with E-state index in [-0.39, 0.29) is 0 Å². The minimum atomic E-state index is 0.947. The number of rotatable bonds is 6. The topological polar surface area (TPSA) is 0 Å². The summed E-state index contributed by atoms with van der Waals surface area (Å²) in [5, 5.41) is 0. The highest BCUT2D eigenvalue weighted by molar-refractivity contribution is 5.44. The van der Waals surface area contributed by atoms with Crippen molar-refractivity contribution in [3.8, 4) is 11.8 Å². The van der Waals surface area contributed by atoms with Gasteiger partial charge in [0.05, 0.1) is 0 Å². The standard InChI is InChI=1S/C27H34/c1-3-5-23-10-12-25(13-11-23)16-17-27-20-18-26(19-21-27)15-14-24-8-6-22(4-2)7-9-24/h10-13,18-22,24H,3-9,14-15H2,1-2H3/t22-,24-. The van der Waals surface area contributed by atoms with Gasteiger partial charge in [0.1, 0.15) is 0 Å². The van der Waals surface area contributed by atoms with Crippen molar-refractivity contribution in [2.75, 3.05) is 0 Å². The molecule has 0 aliphatic heterocycles. The fraction of sp³-hybridized carbons (Fsp3) is 0.481. The molecule has 1 fully saturated rings. The van der Waals surface area contributed by atoms with E-state index in [1.165, 1.54) is 62.5 Å². The van der Waals surface area contributed by atoms with E-state index in [1.54, 1.807) is 0 Å². The van der Waals surface area contributed by atoms with Crippen molar-refractivity contribution in [2.45, 2.75) is 71.6 Å². The summed E-state index contributed by atoms with van der Waals surface area (Å²) >= 11 is 0. The largest absolute Gasteiger partial charge is 0.0651 e. The van der Waals surface area contributed by atoms with Crippen molar-refractivity contribution in [2.24, 2.45) is 11.8 Å². The highest BCUT2D eigenvalue weighted by atomic mass is 14.2. The van der Waals surface area contributed by atoms with Gasteiger partial charge in [0.2, 0.25) is 0 Å². The summed E-state index contributed by atoms with van der Waals surface area (Å²) in [6, 6.07) is 17.6. The summed E-state index contributed by atoms with van der Waals surface area (Å²) < 4.78 is 0. The lowest BCUT2D eigenvalue weighted by atomic mass is 9.78. The number of hydrogen-bond acceptors (Lipinski definition) is 0. The summed E-state index contributed by atoms with van der Waals surface area (Å²) in [5.74, 6) is 8.55. The Balaban J connectivity index is 1.49. The van der Waals surface area contributed by atoms with Crippen LogP contribution in [0.5, 0.6) is 0 Å². The molecule has 142 valence electrons. The molecule has 0 saturated heterocycles. The van der Waals surface area contributed by atoms with E-state index in [9.17, 15) is 0 Å². The first-order valence-electron chi connectivity index (χ1n) is 11.0. The zero-order chi connectivity index (χ0) is 18.9. The monoisotopic (exact) mass is 358 g/mol. The number of hydrogen-bond donors (Lipinski definition) is 0. The highest BCUT2D eigenvalue weighted by Crippen LogP contribution is 2.33. The molecule has 0 unspecified atom stereocenters. The van der Waals surface area contributed by atoms with Crippen molar-refractivity contribution in [3.05, 3.63) is 70.8 Å². The zero-order valence-corrected chi connectivity index (χ0v) is 17.1. The second-order valence-electron chi connectivity index (χ2n) is 8.23. The Kier molecular flexibility index (Phi) is 7.58. The third-order valence-electron chi connectivity index (χ3n) is 6.18. The lowest BCUT2D eigenvalue weighted by Gasteiger charge is -2.27. The first kappa shape index (κ1) is 19.8. The summed E-state index contributed by atoms with van der Waals surface area (Å²) in [4.78, 5) is 0. The summed E-state index contributed by atoms with van der Waals surface area (Å²) in [6.45, 7) is 4.56. The molecule has 0 nitrogen and oxygen atoms in total. The van der Waals surface area contributed by atoms with Crippen LogP contribution in [-0.4, -0.2) is 0 Å². The van der Waals surface area contributed by atoms with Crippen molar-refractivity contribution in [1.82, 2.24) is 0 Å². The van der Waals surface area contributed by atoms with Gasteiger partial charge in [-0.2, -0.15) is 0 Å². The third kappa shape index (κ3) is 6.28. The Bertz CT molecular complexity index is 731. The van der Waals surface area contributed by atoms with Crippen LogP contribution in [0.1, 0.15) is 81.0 Å². The van der Waals surface area contributed by atoms with Crippen LogP contribution in [0.3, 0.4) is 0 Å². The van der Waals surface area contributed by atoms with Crippen LogP contribution < -0.4 is 0 Å². The van der Waals surface area contributed by atoms with Gasteiger partial charge in [-0.05, 0) is 66.5 Å². The van der Waals surface area contributed by atoms with Crippen LogP contribution in [0.2, 0.25) is 0 Å². The molecule has 0 spiro atoms. The average molecular weight is 359 g/mol. The predicted octanol–water partition coefficient (Wildman–Crippen LogP) is 7.19. The molecule has 0 radical (unpaired) electrons. The Labute approximate surface area is 166 Å². The van der Waals surface area contributed by atoms with Gasteiger partial charge in [0.25, 0.3) is 0 Å². The van der Waals surface area contributed by atoms with Gasteiger partial charge in [-0.15, -0.1) is 0 Å². The third-order valence-corrected chi connectivity index (χ3v) is 6.18. The van der Waals surface area contributed by atoms with Crippen LogP contribution in [-0.2, 0) is 12.8 Å². The highest BCUT2D eigenvalue weighted by Gasteiger charge is 2.19. The van der Waals surface area contributed by atoms with E-state index in [4.69, 9.17) is 0 Å². The molecule has 1 saturated carbocycles. The van der Waals surface area contributed by atoms with Crippen LogP contribution >= 0.6 is 0 Å². The molecular weight excluding hydrogens is 324 g/mol. The van der Waals surface area contributed by atoms with Gasteiger partial charge in [0, 0.05) is 11.1 Å². The molecule has 0 N–H and O–H groups in total. The molecular formula is C27H34. The van der Waals surface area contributed by atoms with E-state index in [1.807, 2.05) is 0 Å². The molecule has 2 aromatic rings. The SMILES string of the molecule is CCCc1ccc(C#Cc2ccc(CC[C@H]3CC[C@H](CC)CC3)cc2)cc1. The molecule has 3 rings (SSSR count). The molecule has 0 aromatic heterocycles. The van der Waals surface area contributed by atoms with Gasteiger partial charge in [0.15, 0.2) is 0 Å². The van der Waals surface area contributed by atoms with E-state index >= 15 is 0 Å². The van der Waals surface area contributed by atoms with E-state index in [0.717, 1.165) is 29.4 Å². The van der Waals surface area contributed by atoms with E-state index in [0.29, 0.717) is 0 Å². The van der Waals surface area contributed by atoms with Gasteiger partial charge in [-0.3, -0.25) is 0 Å². The summed E-state index contributed by atoms with van der Waals surface area (Å²) in [5.41, 5.74) is 5.07. The maximum absolute atomic E-state index is 3.31. The summed E-state index contributed by atoms with van der Waals surface area (Å²) in [7, 11) is 0. The van der Waals surface area contributed by atoms with Gasteiger partial charge < -0.3 is 0 Å². The predicted molar refractivity (Wildman–Crippen MR) is 117 cm³/mol. The quantitative estimate of drug-likeness (QED) is 0.479. The molecule has 0 amide bonds. The number of benzene rings is 2. The molecule has 0 atom stereocenters. The molecule has 1 aliphatic carbocycles. The maximum atomic E-state index is 3.31. The molecule has 27 heavy (non-hydrogen) atoms. The second-order valence-corrected chi connectivity index (χ2v) is 8.23. The lowest BCUT2D eigenvalue weighted by molar-refractivity contribution is 0.259. The van der Waals surface area contributed by atoms with Crippen LogP contribution in [0, 0.1) is 23.7 Å². The van der Waals surface area contributed by atoms with Crippen molar-refractivity contribution in [1.29, 1.82) is 0 Å². The maximum Gasteiger partial charge on any atom is 0.0249 e. The fourth-order valence-electron chi connectivity index (χ4n) is 4.24. The first-order valence-corrected chi connectivity index (χ1v) is 11.0. The molecule has 0 bridgehead atoms. The van der Waals surface area contributed by atoms with Crippen LogP contribution in [0.4, 0.5) is 0 Å². The van der Waals surface area contributed by atoms with Gasteiger partial charge in [-0.25, -0.2) is 0 Å². The van der Waals surface area contributed by atoms with Crippen molar-refractivity contribution < 1.29 is 0 Å². The van der Waals surface area contributed by atoms with E-state index in [2.05, 4.69) is 74.2 Å². The van der Waals surface area contributed by atoms with E-state index < -0.39 is 0 Å². The average Bonchev–Trinajstić information content (AvgIpc) is 2.73. The van der Waals surface area contributed by atoms with Crippen molar-refractivity contribution in [3.63, 3.8) is 0 Å². The van der Waals surface area contributed by atoms with Crippen molar-refractivity contribution >= 4 is 0 Å². The minimum absolute atomic E-state index is 0.947.